The van der Waals surface area contributed by atoms with Gasteiger partial charge in [0.25, 0.3) is 0 Å². The molecule has 0 radical (unpaired) electrons. The van der Waals surface area contributed by atoms with Crippen LogP contribution in [0.4, 0.5) is 4.39 Å². The molecule has 18 heavy (non-hydrogen) atoms. The Kier molecular flexibility index (Phi) is 3.58. The number of benzene rings is 1. The van der Waals surface area contributed by atoms with Gasteiger partial charge in [-0.05, 0) is 18.2 Å². The van der Waals surface area contributed by atoms with Gasteiger partial charge < -0.3 is 4.74 Å². The predicted octanol–water partition coefficient (Wildman–Crippen LogP) is 3.11. The lowest BCUT2D eigenvalue weighted by Gasteiger charge is -2.06. The van der Waals surface area contributed by atoms with Gasteiger partial charge in [-0.3, -0.25) is 9.78 Å². The van der Waals surface area contributed by atoms with E-state index < -0.39 is 11.6 Å². The van der Waals surface area contributed by atoms with E-state index in [-0.39, 0.29) is 16.1 Å². The van der Waals surface area contributed by atoms with E-state index in [0.717, 1.165) is 0 Å². The Balaban J connectivity index is 2.48. The fourth-order valence-corrected chi connectivity index (χ4v) is 1.76. The standard InChI is InChI=1S/C13H9ClFNO2/c1-18-9-5-8(6-16-7-9)13(17)12-10(14)3-2-4-11(12)15/h2-7H,1H3. The topological polar surface area (TPSA) is 39.2 Å². The minimum Gasteiger partial charge on any atom is -0.495 e. The molecule has 0 aliphatic heterocycles. The van der Waals surface area contributed by atoms with Crippen LogP contribution in [0.15, 0.2) is 36.7 Å². The van der Waals surface area contributed by atoms with E-state index in [1.165, 1.54) is 43.8 Å². The van der Waals surface area contributed by atoms with E-state index in [0.29, 0.717) is 5.75 Å². The highest BCUT2D eigenvalue weighted by Gasteiger charge is 2.18. The van der Waals surface area contributed by atoms with Gasteiger partial charge in [0.1, 0.15) is 11.6 Å². The number of ether oxygens (including phenoxy) is 1. The molecule has 2 aromatic rings. The average molecular weight is 266 g/mol. The van der Waals surface area contributed by atoms with Crippen LogP contribution in [0.5, 0.6) is 5.75 Å². The van der Waals surface area contributed by atoms with Crippen LogP contribution in [0.2, 0.25) is 5.02 Å². The molecule has 0 fully saturated rings. The van der Waals surface area contributed by atoms with Crippen molar-refractivity contribution >= 4 is 17.4 Å². The summed E-state index contributed by atoms with van der Waals surface area (Å²) in [5, 5.41) is 0.0721. The molecule has 1 aromatic heterocycles. The van der Waals surface area contributed by atoms with Crippen LogP contribution in [0.25, 0.3) is 0 Å². The van der Waals surface area contributed by atoms with Crippen molar-refractivity contribution in [3.63, 3.8) is 0 Å². The predicted molar refractivity (Wildman–Crippen MR) is 65.6 cm³/mol. The summed E-state index contributed by atoms with van der Waals surface area (Å²) in [5.74, 6) is -0.756. The molecule has 0 amide bonds. The molecule has 0 atom stereocenters. The Morgan fingerprint density at radius 2 is 2.17 bits per heavy atom. The number of hydrogen-bond donors (Lipinski definition) is 0. The number of rotatable bonds is 3. The SMILES string of the molecule is COc1cncc(C(=O)c2c(F)cccc2Cl)c1. The first-order valence-electron chi connectivity index (χ1n) is 5.11. The van der Waals surface area contributed by atoms with Crippen molar-refractivity contribution in [2.45, 2.75) is 0 Å². The maximum atomic E-state index is 13.6. The number of pyridine rings is 1. The Labute approximate surface area is 108 Å². The molecule has 3 nitrogen and oxygen atoms in total. The first kappa shape index (κ1) is 12.5. The lowest BCUT2D eigenvalue weighted by atomic mass is 10.0. The van der Waals surface area contributed by atoms with Gasteiger partial charge in [0.2, 0.25) is 0 Å². The third kappa shape index (κ3) is 2.33. The van der Waals surface area contributed by atoms with Crippen LogP contribution in [-0.4, -0.2) is 17.9 Å². The molecule has 1 aromatic carbocycles. The van der Waals surface area contributed by atoms with E-state index >= 15 is 0 Å². The normalized spacial score (nSPS) is 10.2. The van der Waals surface area contributed by atoms with E-state index in [4.69, 9.17) is 16.3 Å². The van der Waals surface area contributed by atoms with E-state index in [1.807, 2.05) is 0 Å². The molecule has 92 valence electrons. The molecule has 0 saturated heterocycles. The van der Waals surface area contributed by atoms with Crippen LogP contribution < -0.4 is 4.74 Å². The zero-order valence-electron chi connectivity index (χ0n) is 9.48. The lowest BCUT2D eigenvalue weighted by molar-refractivity contribution is 0.103. The van der Waals surface area contributed by atoms with E-state index in [9.17, 15) is 9.18 Å². The maximum Gasteiger partial charge on any atom is 0.199 e. The van der Waals surface area contributed by atoms with Gasteiger partial charge in [-0.2, -0.15) is 0 Å². The second-order valence-electron chi connectivity index (χ2n) is 3.54. The summed E-state index contributed by atoms with van der Waals surface area (Å²) in [7, 11) is 1.46. The van der Waals surface area contributed by atoms with Gasteiger partial charge >= 0.3 is 0 Å². The quantitative estimate of drug-likeness (QED) is 0.801. The zero-order chi connectivity index (χ0) is 13.1. The van der Waals surface area contributed by atoms with Crippen LogP contribution in [0, 0.1) is 5.82 Å². The number of carbonyl (C=O) groups is 1. The first-order valence-corrected chi connectivity index (χ1v) is 5.49. The summed E-state index contributed by atoms with van der Waals surface area (Å²) in [5.41, 5.74) is 0.0653. The molecule has 0 spiro atoms. The zero-order valence-corrected chi connectivity index (χ0v) is 10.2. The Bertz CT molecular complexity index is 581. The highest BCUT2D eigenvalue weighted by atomic mass is 35.5. The maximum absolute atomic E-state index is 13.6. The smallest absolute Gasteiger partial charge is 0.199 e. The molecular formula is C13H9ClFNO2. The van der Waals surface area contributed by atoms with Crippen molar-refractivity contribution in [1.29, 1.82) is 0 Å². The summed E-state index contributed by atoms with van der Waals surface area (Å²) in [6.07, 6.45) is 2.80. The van der Waals surface area contributed by atoms with Crippen LogP contribution in [0.3, 0.4) is 0 Å². The van der Waals surface area contributed by atoms with Gasteiger partial charge in [0.15, 0.2) is 5.78 Å². The van der Waals surface area contributed by atoms with Crippen LogP contribution in [0.1, 0.15) is 15.9 Å². The van der Waals surface area contributed by atoms with Crippen LogP contribution >= 0.6 is 11.6 Å². The van der Waals surface area contributed by atoms with Crippen LogP contribution in [-0.2, 0) is 0 Å². The molecule has 5 heteroatoms. The van der Waals surface area contributed by atoms with Crippen molar-refractivity contribution in [2.75, 3.05) is 7.11 Å². The first-order chi connectivity index (χ1) is 8.63. The second kappa shape index (κ2) is 5.14. The number of carbonyl (C=O) groups excluding carboxylic acids is 1. The van der Waals surface area contributed by atoms with Gasteiger partial charge in [-0.1, -0.05) is 17.7 Å². The number of nitrogens with zero attached hydrogens (tertiary/aromatic N) is 1. The van der Waals surface area contributed by atoms with E-state index in [2.05, 4.69) is 4.98 Å². The van der Waals surface area contributed by atoms with Crippen molar-refractivity contribution < 1.29 is 13.9 Å². The number of methoxy groups -OCH3 is 1. The third-order valence-electron chi connectivity index (χ3n) is 2.40. The van der Waals surface area contributed by atoms with Crippen molar-refractivity contribution in [3.8, 4) is 5.75 Å². The summed E-state index contributed by atoms with van der Waals surface area (Å²) >= 11 is 5.84. The van der Waals surface area contributed by atoms with Gasteiger partial charge in [0.05, 0.1) is 23.9 Å². The molecule has 0 aliphatic rings. The minimum atomic E-state index is -0.657. The van der Waals surface area contributed by atoms with Gasteiger partial charge in [-0.25, -0.2) is 4.39 Å². The summed E-state index contributed by atoms with van der Waals surface area (Å²) in [6, 6.07) is 5.58. The van der Waals surface area contributed by atoms with Gasteiger partial charge in [0, 0.05) is 11.8 Å². The Morgan fingerprint density at radius 1 is 1.39 bits per heavy atom. The largest absolute Gasteiger partial charge is 0.495 e. The number of aromatic nitrogens is 1. The minimum absolute atomic E-state index is 0.0721. The van der Waals surface area contributed by atoms with Gasteiger partial charge in [-0.15, -0.1) is 0 Å². The molecule has 0 aliphatic carbocycles. The number of hydrogen-bond acceptors (Lipinski definition) is 3. The van der Waals surface area contributed by atoms with E-state index in [1.54, 1.807) is 0 Å². The van der Waals surface area contributed by atoms with Crippen molar-refractivity contribution in [3.05, 3.63) is 58.6 Å². The van der Waals surface area contributed by atoms with Crippen molar-refractivity contribution in [1.82, 2.24) is 4.98 Å². The lowest BCUT2D eigenvalue weighted by Crippen LogP contribution is -2.06. The molecule has 0 unspecified atom stereocenters. The summed E-state index contributed by atoms with van der Waals surface area (Å²) in [6.45, 7) is 0. The molecule has 0 saturated carbocycles. The third-order valence-corrected chi connectivity index (χ3v) is 2.72. The summed E-state index contributed by atoms with van der Waals surface area (Å²) in [4.78, 5) is 16.0. The number of ketones is 1. The fourth-order valence-electron chi connectivity index (χ4n) is 1.51. The highest BCUT2D eigenvalue weighted by molar-refractivity contribution is 6.35. The number of halogens is 2. The molecular weight excluding hydrogens is 257 g/mol. The average Bonchev–Trinajstić information content (AvgIpc) is 2.38. The highest BCUT2D eigenvalue weighted by Crippen LogP contribution is 2.23. The summed E-state index contributed by atoms with van der Waals surface area (Å²) < 4.78 is 18.6. The molecule has 1 heterocycles. The monoisotopic (exact) mass is 265 g/mol. The Morgan fingerprint density at radius 3 is 2.83 bits per heavy atom. The van der Waals surface area contributed by atoms with Crippen molar-refractivity contribution in [2.24, 2.45) is 0 Å². The molecule has 0 bridgehead atoms. The fraction of sp³-hybridized carbons (Fsp3) is 0.0769. The second-order valence-corrected chi connectivity index (χ2v) is 3.95. The molecule has 0 N–H and O–H groups in total. The Hall–Kier alpha value is -1.94. The molecule has 2 rings (SSSR count).